The van der Waals surface area contributed by atoms with Crippen molar-refractivity contribution in [3.63, 3.8) is 0 Å². The van der Waals surface area contributed by atoms with E-state index in [2.05, 4.69) is 15.7 Å². The highest BCUT2D eigenvalue weighted by molar-refractivity contribution is 7.80. The maximum Gasteiger partial charge on any atom is 0.340 e. The summed E-state index contributed by atoms with van der Waals surface area (Å²) in [5, 5.41) is 11.9. The normalized spacial score (nSPS) is 10.7. The summed E-state index contributed by atoms with van der Waals surface area (Å²) in [5.41, 5.74) is 3.88. The minimum absolute atomic E-state index is 0.267. The number of thiophene rings is 1. The van der Waals surface area contributed by atoms with E-state index < -0.39 is 5.97 Å². The van der Waals surface area contributed by atoms with Crippen LogP contribution in [-0.4, -0.2) is 28.0 Å². The first-order chi connectivity index (χ1) is 14.3. The number of thiocarbonyl (C=S) groups is 1. The highest BCUT2D eigenvalue weighted by atomic mass is 32.1. The van der Waals surface area contributed by atoms with Crippen molar-refractivity contribution in [1.29, 1.82) is 0 Å². The standard InChI is InChI=1S/C21H23FN4O2S2/c1-5-16-10-17(20(27)28-4)19(30-16)24-21(29)23-18-12(2)25-26(13(18)3)11-14-6-8-15(22)9-7-14/h6-10H,5,11H2,1-4H3,(H2,23,24,29). The van der Waals surface area contributed by atoms with Crippen LogP contribution in [0.3, 0.4) is 0 Å². The molecule has 0 amide bonds. The zero-order valence-corrected chi connectivity index (χ0v) is 18.8. The molecule has 1 aromatic carbocycles. The van der Waals surface area contributed by atoms with Crippen LogP contribution >= 0.6 is 23.6 Å². The van der Waals surface area contributed by atoms with Crippen LogP contribution in [0.5, 0.6) is 0 Å². The van der Waals surface area contributed by atoms with Gasteiger partial charge in [-0.15, -0.1) is 11.3 Å². The van der Waals surface area contributed by atoms with Gasteiger partial charge in [0.1, 0.15) is 10.8 Å². The van der Waals surface area contributed by atoms with Crippen LogP contribution in [0.4, 0.5) is 15.1 Å². The van der Waals surface area contributed by atoms with Crippen molar-refractivity contribution in [2.45, 2.75) is 33.7 Å². The van der Waals surface area contributed by atoms with E-state index in [1.807, 2.05) is 31.5 Å². The number of esters is 1. The molecule has 0 bridgehead atoms. The van der Waals surface area contributed by atoms with Crippen molar-refractivity contribution in [2.75, 3.05) is 17.7 Å². The molecule has 6 nitrogen and oxygen atoms in total. The number of methoxy groups -OCH3 is 1. The Morgan fingerprint density at radius 1 is 1.27 bits per heavy atom. The maximum atomic E-state index is 13.1. The third kappa shape index (κ3) is 4.85. The SMILES string of the molecule is CCc1cc(C(=O)OC)c(NC(=S)Nc2c(C)nn(Cc3ccc(F)cc3)c2C)s1. The highest BCUT2D eigenvalue weighted by Gasteiger charge is 2.18. The van der Waals surface area contributed by atoms with Crippen molar-refractivity contribution in [3.05, 3.63) is 63.5 Å². The summed E-state index contributed by atoms with van der Waals surface area (Å²) >= 11 is 6.94. The predicted octanol–water partition coefficient (Wildman–Crippen LogP) is 4.91. The number of nitrogens with zero attached hydrogens (tertiary/aromatic N) is 2. The lowest BCUT2D eigenvalue weighted by Gasteiger charge is -2.11. The smallest absolute Gasteiger partial charge is 0.340 e. The lowest BCUT2D eigenvalue weighted by Crippen LogP contribution is -2.20. The fraction of sp³-hybridized carbons (Fsp3) is 0.286. The van der Waals surface area contributed by atoms with Crippen LogP contribution in [0.25, 0.3) is 0 Å². The molecular formula is C21H23FN4O2S2. The Morgan fingerprint density at radius 2 is 1.97 bits per heavy atom. The van der Waals surface area contributed by atoms with E-state index in [0.717, 1.165) is 33.9 Å². The Balaban J connectivity index is 1.76. The molecule has 0 aliphatic rings. The van der Waals surface area contributed by atoms with E-state index in [1.54, 1.807) is 12.1 Å². The van der Waals surface area contributed by atoms with Crippen molar-refractivity contribution in [2.24, 2.45) is 0 Å². The molecule has 0 aliphatic carbocycles. The van der Waals surface area contributed by atoms with E-state index in [0.29, 0.717) is 22.2 Å². The zero-order valence-electron chi connectivity index (χ0n) is 17.2. The molecule has 158 valence electrons. The van der Waals surface area contributed by atoms with Gasteiger partial charge in [-0.1, -0.05) is 19.1 Å². The van der Waals surface area contributed by atoms with Crippen LogP contribution in [0, 0.1) is 19.7 Å². The average molecular weight is 447 g/mol. The van der Waals surface area contributed by atoms with Gasteiger partial charge in [0.25, 0.3) is 0 Å². The molecule has 0 atom stereocenters. The topological polar surface area (TPSA) is 68.2 Å². The predicted molar refractivity (Wildman–Crippen MR) is 122 cm³/mol. The van der Waals surface area contributed by atoms with E-state index in [1.165, 1.54) is 30.6 Å². The fourth-order valence-electron chi connectivity index (χ4n) is 3.01. The van der Waals surface area contributed by atoms with Gasteiger partial charge in [-0.3, -0.25) is 4.68 Å². The first kappa shape index (κ1) is 21.9. The number of nitrogens with one attached hydrogen (secondary N) is 2. The van der Waals surface area contributed by atoms with Gasteiger partial charge in [0.2, 0.25) is 0 Å². The molecule has 2 N–H and O–H groups in total. The molecule has 0 fully saturated rings. The lowest BCUT2D eigenvalue weighted by atomic mass is 10.2. The number of carbonyl (C=O) groups is 1. The summed E-state index contributed by atoms with van der Waals surface area (Å²) < 4.78 is 19.8. The number of hydrogen-bond acceptors (Lipinski definition) is 5. The molecule has 2 heterocycles. The largest absolute Gasteiger partial charge is 0.465 e. The molecule has 3 aromatic rings. The van der Waals surface area contributed by atoms with Gasteiger partial charge < -0.3 is 15.4 Å². The van der Waals surface area contributed by atoms with Gasteiger partial charge >= 0.3 is 5.97 Å². The Kier molecular flexibility index (Phi) is 6.84. The number of anilines is 2. The number of benzene rings is 1. The van der Waals surface area contributed by atoms with Gasteiger partial charge in [0, 0.05) is 4.88 Å². The van der Waals surface area contributed by atoms with Gasteiger partial charge in [-0.05, 0) is 56.2 Å². The Bertz CT molecular complexity index is 1070. The Labute approximate surface area is 184 Å². The van der Waals surface area contributed by atoms with Gasteiger partial charge in [0.05, 0.1) is 36.3 Å². The Hall–Kier alpha value is -2.78. The molecule has 0 unspecified atom stereocenters. The van der Waals surface area contributed by atoms with Crippen LogP contribution in [-0.2, 0) is 17.7 Å². The summed E-state index contributed by atoms with van der Waals surface area (Å²) in [4.78, 5) is 13.1. The van der Waals surface area contributed by atoms with Crippen molar-refractivity contribution >= 4 is 45.3 Å². The summed E-state index contributed by atoms with van der Waals surface area (Å²) in [6.07, 6.45) is 0.810. The van der Waals surface area contributed by atoms with Crippen molar-refractivity contribution in [3.8, 4) is 0 Å². The molecular weight excluding hydrogens is 423 g/mol. The molecule has 0 spiro atoms. The minimum Gasteiger partial charge on any atom is -0.465 e. The molecule has 0 aliphatic heterocycles. The molecule has 0 saturated carbocycles. The van der Waals surface area contributed by atoms with Gasteiger partial charge in [-0.25, -0.2) is 9.18 Å². The molecule has 0 radical (unpaired) electrons. The number of carbonyl (C=O) groups excluding carboxylic acids is 1. The molecule has 30 heavy (non-hydrogen) atoms. The van der Waals surface area contributed by atoms with E-state index in [4.69, 9.17) is 17.0 Å². The number of aryl methyl sites for hydroxylation is 2. The van der Waals surface area contributed by atoms with E-state index in [9.17, 15) is 9.18 Å². The first-order valence-corrected chi connectivity index (χ1v) is 10.6. The summed E-state index contributed by atoms with van der Waals surface area (Å²) in [6.45, 7) is 6.37. The van der Waals surface area contributed by atoms with E-state index in [-0.39, 0.29) is 5.82 Å². The van der Waals surface area contributed by atoms with Gasteiger partial charge in [0.15, 0.2) is 5.11 Å². The maximum absolute atomic E-state index is 13.1. The second-order valence-corrected chi connectivity index (χ2v) is 8.25. The average Bonchev–Trinajstić information content (AvgIpc) is 3.25. The number of halogens is 1. The second-order valence-electron chi connectivity index (χ2n) is 6.71. The Morgan fingerprint density at radius 3 is 2.60 bits per heavy atom. The van der Waals surface area contributed by atoms with Crippen LogP contribution in [0.2, 0.25) is 0 Å². The molecule has 9 heteroatoms. The lowest BCUT2D eigenvalue weighted by molar-refractivity contribution is 0.0602. The zero-order chi connectivity index (χ0) is 21.8. The number of aromatic nitrogens is 2. The molecule has 3 rings (SSSR count). The molecule has 2 aromatic heterocycles. The van der Waals surface area contributed by atoms with E-state index >= 15 is 0 Å². The first-order valence-electron chi connectivity index (χ1n) is 9.39. The summed E-state index contributed by atoms with van der Waals surface area (Å²) in [7, 11) is 1.36. The van der Waals surface area contributed by atoms with Crippen LogP contribution in [0.15, 0.2) is 30.3 Å². The monoisotopic (exact) mass is 446 g/mol. The van der Waals surface area contributed by atoms with Crippen molar-refractivity contribution in [1.82, 2.24) is 9.78 Å². The quantitative estimate of drug-likeness (QED) is 0.414. The van der Waals surface area contributed by atoms with Crippen molar-refractivity contribution < 1.29 is 13.9 Å². The fourth-order valence-corrected chi connectivity index (χ4v) is 4.27. The van der Waals surface area contributed by atoms with Gasteiger partial charge in [-0.2, -0.15) is 5.10 Å². The summed E-state index contributed by atoms with van der Waals surface area (Å²) in [5.74, 6) is -0.673. The number of rotatable bonds is 6. The summed E-state index contributed by atoms with van der Waals surface area (Å²) in [6, 6.07) is 8.16. The number of ether oxygens (including phenoxy) is 1. The second kappa shape index (κ2) is 9.36. The molecule has 0 saturated heterocycles. The third-order valence-electron chi connectivity index (χ3n) is 4.63. The number of hydrogen-bond donors (Lipinski definition) is 2. The third-order valence-corrected chi connectivity index (χ3v) is 6.03. The minimum atomic E-state index is -0.407. The van der Waals surface area contributed by atoms with Crippen LogP contribution < -0.4 is 10.6 Å². The highest BCUT2D eigenvalue weighted by Crippen LogP contribution is 2.30. The van der Waals surface area contributed by atoms with Crippen LogP contribution in [0.1, 0.15) is 39.1 Å².